The third-order valence-corrected chi connectivity index (χ3v) is 4.74. The Kier molecular flexibility index (Phi) is 10.0. The van der Waals surface area contributed by atoms with Crippen LogP contribution in [0.5, 0.6) is 23.0 Å². The molecule has 0 spiro atoms. The Bertz CT molecular complexity index is 1070. The highest BCUT2D eigenvalue weighted by atomic mass is 16.5. The van der Waals surface area contributed by atoms with Gasteiger partial charge in [-0.3, -0.25) is 0 Å². The molecular formula is C26H30O8. The predicted octanol–water partition coefficient (Wildman–Crippen LogP) is 4.31. The van der Waals surface area contributed by atoms with Crippen LogP contribution in [0.1, 0.15) is 25.0 Å². The second-order valence-corrected chi connectivity index (χ2v) is 6.78. The summed E-state index contributed by atoms with van der Waals surface area (Å²) in [7, 11) is 6.08. The van der Waals surface area contributed by atoms with Gasteiger partial charge in [0, 0.05) is 11.6 Å². The molecule has 34 heavy (non-hydrogen) atoms. The first kappa shape index (κ1) is 26.3. The molecule has 0 saturated heterocycles. The second-order valence-electron chi connectivity index (χ2n) is 6.78. The van der Waals surface area contributed by atoms with Crippen LogP contribution in [0.15, 0.2) is 47.5 Å². The number of carbonyl (C=O) groups is 2. The maximum absolute atomic E-state index is 13.0. The van der Waals surface area contributed by atoms with Crippen molar-refractivity contribution in [3.8, 4) is 23.0 Å². The SMILES string of the molecule is CCOC(=O)C(=C/c1ccc(OC)c(OC)c1)/C(=C\c1ccc(OC)cc1OC)C(=O)OCC. The molecule has 0 N–H and O–H groups in total. The van der Waals surface area contributed by atoms with Crippen LogP contribution in [0.3, 0.4) is 0 Å². The van der Waals surface area contributed by atoms with E-state index in [-0.39, 0.29) is 24.4 Å². The Morgan fingerprint density at radius 3 is 1.79 bits per heavy atom. The van der Waals surface area contributed by atoms with Crippen LogP contribution in [-0.2, 0) is 19.1 Å². The Morgan fingerprint density at radius 1 is 0.676 bits per heavy atom. The monoisotopic (exact) mass is 470 g/mol. The molecular weight excluding hydrogens is 440 g/mol. The van der Waals surface area contributed by atoms with Gasteiger partial charge < -0.3 is 28.4 Å². The number of hydrogen-bond acceptors (Lipinski definition) is 8. The maximum atomic E-state index is 13.0. The Balaban J connectivity index is 2.74. The van der Waals surface area contributed by atoms with Crippen molar-refractivity contribution in [2.45, 2.75) is 13.8 Å². The minimum atomic E-state index is -0.680. The van der Waals surface area contributed by atoms with Crippen LogP contribution in [0.2, 0.25) is 0 Å². The van der Waals surface area contributed by atoms with Crippen molar-refractivity contribution >= 4 is 24.1 Å². The number of benzene rings is 2. The first-order chi connectivity index (χ1) is 16.4. The highest BCUT2D eigenvalue weighted by Gasteiger charge is 2.24. The zero-order chi connectivity index (χ0) is 25.1. The molecule has 0 aromatic heterocycles. The molecule has 8 nitrogen and oxygen atoms in total. The molecule has 2 rings (SSSR count). The number of hydrogen-bond donors (Lipinski definition) is 0. The fourth-order valence-electron chi connectivity index (χ4n) is 3.11. The molecule has 0 bridgehead atoms. The molecule has 0 fully saturated rings. The molecule has 0 amide bonds. The molecule has 0 heterocycles. The van der Waals surface area contributed by atoms with E-state index in [2.05, 4.69) is 0 Å². The van der Waals surface area contributed by atoms with Crippen LogP contribution in [-0.4, -0.2) is 53.6 Å². The second kappa shape index (κ2) is 12.9. The number of carbonyl (C=O) groups excluding carboxylic acids is 2. The van der Waals surface area contributed by atoms with E-state index in [9.17, 15) is 9.59 Å². The van der Waals surface area contributed by atoms with Gasteiger partial charge in [0.2, 0.25) is 0 Å². The molecule has 0 atom stereocenters. The van der Waals surface area contributed by atoms with Gasteiger partial charge in [0.15, 0.2) is 11.5 Å². The average Bonchev–Trinajstić information content (AvgIpc) is 2.86. The molecule has 2 aromatic carbocycles. The maximum Gasteiger partial charge on any atom is 0.339 e. The third kappa shape index (κ3) is 6.54. The summed E-state index contributed by atoms with van der Waals surface area (Å²) in [4.78, 5) is 26.0. The molecule has 0 radical (unpaired) electrons. The summed E-state index contributed by atoms with van der Waals surface area (Å²) in [6.45, 7) is 3.63. The van der Waals surface area contributed by atoms with Gasteiger partial charge in [0.25, 0.3) is 0 Å². The molecule has 0 unspecified atom stereocenters. The van der Waals surface area contributed by atoms with Crippen LogP contribution in [0.4, 0.5) is 0 Å². The van der Waals surface area contributed by atoms with Crippen molar-refractivity contribution in [2.24, 2.45) is 0 Å². The summed E-state index contributed by atoms with van der Waals surface area (Å²) in [5, 5.41) is 0. The standard InChI is InChI=1S/C26H30O8/c1-7-33-25(27)20(13-17-9-12-22(30-4)24(14-17)32-6)21(26(28)34-8-2)15-18-10-11-19(29-3)16-23(18)31-5/h9-16H,7-8H2,1-6H3/b20-13+,21-15+. The average molecular weight is 471 g/mol. The normalized spacial score (nSPS) is 11.5. The van der Waals surface area contributed by atoms with Gasteiger partial charge >= 0.3 is 11.9 Å². The van der Waals surface area contributed by atoms with Gasteiger partial charge in [-0.15, -0.1) is 0 Å². The van der Waals surface area contributed by atoms with Gasteiger partial charge in [-0.25, -0.2) is 9.59 Å². The number of esters is 2. The van der Waals surface area contributed by atoms with E-state index in [4.69, 9.17) is 28.4 Å². The molecule has 8 heteroatoms. The fraction of sp³-hybridized carbons (Fsp3) is 0.308. The quantitative estimate of drug-likeness (QED) is 0.273. The lowest BCUT2D eigenvalue weighted by molar-refractivity contribution is -0.141. The van der Waals surface area contributed by atoms with Crippen molar-refractivity contribution in [3.63, 3.8) is 0 Å². The zero-order valence-electron chi connectivity index (χ0n) is 20.3. The third-order valence-electron chi connectivity index (χ3n) is 4.74. The van der Waals surface area contributed by atoms with E-state index in [1.807, 2.05) is 0 Å². The lowest BCUT2D eigenvalue weighted by atomic mass is 9.99. The van der Waals surface area contributed by atoms with Crippen LogP contribution in [0.25, 0.3) is 12.2 Å². The summed E-state index contributed by atoms with van der Waals surface area (Å²) >= 11 is 0. The van der Waals surface area contributed by atoms with E-state index >= 15 is 0 Å². The number of ether oxygens (including phenoxy) is 6. The first-order valence-corrected chi connectivity index (χ1v) is 10.6. The Labute approximate surface area is 199 Å². The van der Waals surface area contributed by atoms with Crippen molar-refractivity contribution in [1.29, 1.82) is 0 Å². The topological polar surface area (TPSA) is 89.5 Å². The van der Waals surface area contributed by atoms with Gasteiger partial charge in [-0.2, -0.15) is 0 Å². The summed E-state index contributed by atoms with van der Waals surface area (Å²) in [5.41, 5.74) is 1.18. The number of methoxy groups -OCH3 is 4. The molecule has 182 valence electrons. The molecule has 0 aliphatic carbocycles. The first-order valence-electron chi connectivity index (χ1n) is 10.6. The van der Waals surface area contributed by atoms with Gasteiger partial charge in [-0.05, 0) is 55.8 Å². The van der Waals surface area contributed by atoms with Gasteiger partial charge in [0.1, 0.15) is 11.5 Å². The fourth-order valence-corrected chi connectivity index (χ4v) is 3.11. The van der Waals surface area contributed by atoms with E-state index in [0.717, 1.165) is 0 Å². The summed E-state index contributed by atoms with van der Waals surface area (Å²) in [6, 6.07) is 10.2. The largest absolute Gasteiger partial charge is 0.497 e. The van der Waals surface area contributed by atoms with Crippen LogP contribution in [0, 0.1) is 0 Å². The van der Waals surface area contributed by atoms with Crippen LogP contribution >= 0.6 is 0 Å². The lowest BCUT2D eigenvalue weighted by Crippen LogP contribution is -2.17. The molecule has 0 saturated carbocycles. The highest BCUT2D eigenvalue weighted by molar-refractivity contribution is 6.13. The molecule has 2 aromatic rings. The minimum absolute atomic E-state index is 0.0125. The zero-order valence-corrected chi connectivity index (χ0v) is 20.3. The van der Waals surface area contributed by atoms with Crippen LogP contribution < -0.4 is 18.9 Å². The highest BCUT2D eigenvalue weighted by Crippen LogP contribution is 2.31. The van der Waals surface area contributed by atoms with E-state index in [1.54, 1.807) is 63.4 Å². The predicted molar refractivity (Wildman–Crippen MR) is 128 cm³/mol. The lowest BCUT2D eigenvalue weighted by Gasteiger charge is -2.14. The Morgan fingerprint density at radius 2 is 1.26 bits per heavy atom. The number of rotatable bonds is 11. The van der Waals surface area contributed by atoms with Gasteiger partial charge in [-0.1, -0.05) is 6.07 Å². The molecule has 0 aliphatic rings. The van der Waals surface area contributed by atoms with Crippen molar-refractivity contribution in [2.75, 3.05) is 41.7 Å². The van der Waals surface area contributed by atoms with Crippen molar-refractivity contribution < 1.29 is 38.0 Å². The minimum Gasteiger partial charge on any atom is -0.497 e. The summed E-state index contributed by atoms with van der Waals surface area (Å²) in [6.07, 6.45) is 3.07. The smallest absolute Gasteiger partial charge is 0.339 e. The van der Waals surface area contributed by atoms with E-state index < -0.39 is 11.9 Å². The van der Waals surface area contributed by atoms with E-state index in [1.165, 1.54) is 27.4 Å². The van der Waals surface area contributed by atoms with Gasteiger partial charge in [0.05, 0.1) is 52.8 Å². The Hall–Kier alpha value is -3.94. The van der Waals surface area contributed by atoms with E-state index in [0.29, 0.717) is 34.1 Å². The van der Waals surface area contributed by atoms with Crippen molar-refractivity contribution in [3.05, 3.63) is 58.7 Å². The molecule has 0 aliphatic heterocycles. The summed E-state index contributed by atoms with van der Waals surface area (Å²) in [5.74, 6) is 0.678. The summed E-state index contributed by atoms with van der Waals surface area (Å²) < 4.78 is 31.8. The van der Waals surface area contributed by atoms with Crippen molar-refractivity contribution in [1.82, 2.24) is 0 Å².